The zero-order chi connectivity index (χ0) is 13.8. The number of rotatable bonds is 5. The summed E-state index contributed by atoms with van der Waals surface area (Å²) in [6.45, 7) is 2.64. The largest absolute Gasteiger partial charge is 0.484 e. The predicted octanol–water partition coefficient (Wildman–Crippen LogP) is 3.26. The smallest absolute Gasteiger partial charge is 0.422 e. The van der Waals surface area contributed by atoms with Crippen LogP contribution in [-0.2, 0) is 6.54 Å². The Hall–Kier alpha value is -1.30. The van der Waals surface area contributed by atoms with Crippen molar-refractivity contribution < 1.29 is 22.3 Å². The zero-order valence-electron chi connectivity index (χ0n) is 10.1. The van der Waals surface area contributed by atoms with Gasteiger partial charge >= 0.3 is 6.18 Å². The maximum absolute atomic E-state index is 13.0. The molecule has 0 saturated heterocycles. The summed E-state index contributed by atoms with van der Waals surface area (Å²) >= 11 is 0. The first-order valence-electron chi connectivity index (χ1n) is 5.49. The first-order chi connectivity index (χ1) is 8.28. The molecule has 0 spiro atoms. The average Bonchev–Trinajstić information content (AvgIpc) is 2.23. The molecule has 1 N–H and O–H groups in total. The number of halogens is 4. The summed E-state index contributed by atoms with van der Waals surface area (Å²) in [5.41, 5.74) is 0.368. The fourth-order valence-electron chi connectivity index (χ4n) is 1.30. The second-order valence-corrected chi connectivity index (χ2v) is 4.19. The molecule has 1 aromatic carbocycles. The number of alkyl halides is 3. The van der Waals surface area contributed by atoms with Crippen LogP contribution in [0.5, 0.6) is 5.75 Å². The molecule has 2 nitrogen and oxygen atoms in total. The van der Waals surface area contributed by atoms with Gasteiger partial charge in [-0.2, -0.15) is 13.2 Å². The van der Waals surface area contributed by atoms with Crippen LogP contribution >= 0.6 is 0 Å². The van der Waals surface area contributed by atoms with Crippen LogP contribution in [0.2, 0.25) is 0 Å². The number of hydrogen-bond acceptors (Lipinski definition) is 2. The van der Waals surface area contributed by atoms with E-state index in [2.05, 4.69) is 10.1 Å². The molecule has 102 valence electrons. The number of nitrogens with one attached hydrogen (secondary N) is 1. The normalized spacial score (nSPS) is 11.9. The first-order valence-corrected chi connectivity index (χ1v) is 5.49. The van der Waals surface area contributed by atoms with Gasteiger partial charge in [0.1, 0.15) is 11.6 Å². The highest BCUT2D eigenvalue weighted by Gasteiger charge is 2.28. The van der Waals surface area contributed by atoms with E-state index in [9.17, 15) is 17.6 Å². The fraction of sp³-hybridized carbons (Fsp3) is 0.500. The third-order valence-corrected chi connectivity index (χ3v) is 2.11. The first kappa shape index (κ1) is 14.8. The molecule has 0 fully saturated rings. The van der Waals surface area contributed by atoms with E-state index in [-0.39, 0.29) is 18.3 Å². The number of ether oxygens (including phenoxy) is 1. The minimum absolute atomic E-state index is 0.0434. The molecule has 0 saturated carbocycles. The Morgan fingerprint density at radius 1 is 1.28 bits per heavy atom. The molecule has 0 unspecified atom stereocenters. The van der Waals surface area contributed by atoms with Crippen molar-refractivity contribution in [2.75, 3.05) is 6.61 Å². The van der Waals surface area contributed by atoms with Crippen molar-refractivity contribution in [1.82, 2.24) is 5.32 Å². The summed E-state index contributed by atoms with van der Waals surface area (Å²) in [5, 5.41) is 3.00. The standard InChI is InChI=1S/C12H15F4NO/c1-8(2)17-6-9-5-10(13)3-4-11(9)18-7-12(14,15)16/h3-5,8,17H,6-7H2,1-2H3. The third-order valence-electron chi connectivity index (χ3n) is 2.11. The van der Waals surface area contributed by atoms with Crippen LogP contribution in [0.4, 0.5) is 17.6 Å². The van der Waals surface area contributed by atoms with Gasteiger partial charge in [-0.1, -0.05) is 13.8 Å². The maximum atomic E-state index is 13.0. The van der Waals surface area contributed by atoms with Gasteiger partial charge in [0.25, 0.3) is 0 Å². The van der Waals surface area contributed by atoms with Crippen LogP contribution < -0.4 is 10.1 Å². The Morgan fingerprint density at radius 3 is 2.50 bits per heavy atom. The van der Waals surface area contributed by atoms with Gasteiger partial charge in [0.05, 0.1) is 0 Å². The lowest BCUT2D eigenvalue weighted by Crippen LogP contribution is -2.23. The summed E-state index contributed by atoms with van der Waals surface area (Å²) in [7, 11) is 0. The fourth-order valence-corrected chi connectivity index (χ4v) is 1.30. The van der Waals surface area contributed by atoms with E-state index in [0.717, 1.165) is 6.07 Å². The van der Waals surface area contributed by atoms with Crippen LogP contribution in [0.3, 0.4) is 0 Å². The molecule has 0 heterocycles. The van der Waals surface area contributed by atoms with E-state index < -0.39 is 18.6 Å². The third kappa shape index (κ3) is 5.35. The van der Waals surface area contributed by atoms with Gasteiger partial charge in [-0.25, -0.2) is 4.39 Å². The molecular formula is C12H15F4NO. The van der Waals surface area contributed by atoms with Crippen molar-refractivity contribution in [3.05, 3.63) is 29.6 Å². The van der Waals surface area contributed by atoms with Gasteiger partial charge < -0.3 is 10.1 Å². The van der Waals surface area contributed by atoms with Crippen molar-refractivity contribution >= 4 is 0 Å². The van der Waals surface area contributed by atoms with E-state index in [1.165, 1.54) is 12.1 Å². The molecular weight excluding hydrogens is 250 g/mol. The second kappa shape index (κ2) is 6.04. The Labute approximate surface area is 103 Å². The molecule has 18 heavy (non-hydrogen) atoms. The minimum Gasteiger partial charge on any atom is -0.484 e. The molecule has 0 bridgehead atoms. The van der Waals surface area contributed by atoms with Gasteiger partial charge in [0.15, 0.2) is 6.61 Å². The van der Waals surface area contributed by atoms with Crippen molar-refractivity contribution in [2.45, 2.75) is 32.6 Å². The summed E-state index contributed by atoms with van der Waals surface area (Å²) < 4.78 is 53.9. The van der Waals surface area contributed by atoms with Crippen molar-refractivity contribution in [3.8, 4) is 5.75 Å². The molecule has 0 aliphatic rings. The zero-order valence-corrected chi connectivity index (χ0v) is 10.1. The minimum atomic E-state index is -4.41. The van der Waals surface area contributed by atoms with Crippen molar-refractivity contribution in [1.29, 1.82) is 0 Å². The van der Waals surface area contributed by atoms with Crippen LogP contribution in [0.15, 0.2) is 18.2 Å². The molecule has 0 atom stereocenters. The molecule has 0 aliphatic heterocycles. The van der Waals surface area contributed by atoms with Crippen LogP contribution in [0, 0.1) is 5.82 Å². The molecule has 0 aromatic heterocycles. The van der Waals surface area contributed by atoms with E-state index in [1.54, 1.807) is 0 Å². The van der Waals surface area contributed by atoms with Crippen molar-refractivity contribution in [2.24, 2.45) is 0 Å². The number of hydrogen-bond donors (Lipinski definition) is 1. The van der Waals surface area contributed by atoms with Gasteiger partial charge in [0.2, 0.25) is 0 Å². The number of benzene rings is 1. The second-order valence-electron chi connectivity index (χ2n) is 4.19. The Morgan fingerprint density at radius 2 is 1.94 bits per heavy atom. The molecule has 0 amide bonds. The lowest BCUT2D eigenvalue weighted by Gasteiger charge is -2.15. The van der Waals surface area contributed by atoms with Gasteiger partial charge in [-0.05, 0) is 18.2 Å². The molecule has 0 radical (unpaired) electrons. The van der Waals surface area contributed by atoms with Gasteiger partial charge in [-0.15, -0.1) is 0 Å². The maximum Gasteiger partial charge on any atom is 0.422 e. The lowest BCUT2D eigenvalue weighted by atomic mass is 10.2. The monoisotopic (exact) mass is 265 g/mol. The Balaban J connectivity index is 2.76. The van der Waals surface area contributed by atoms with E-state index in [0.29, 0.717) is 5.56 Å². The topological polar surface area (TPSA) is 21.3 Å². The van der Waals surface area contributed by atoms with E-state index >= 15 is 0 Å². The Kier molecular flexibility index (Phi) is 4.95. The van der Waals surface area contributed by atoms with E-state index in [1.807, 2.05) is 13.8 Å². The lowest BCUT2D eigenvalue weighted by molar-refractivity contribution is -0.153. The van der Waals surface area contributed by atoms with Gasteiger partial charge in [0, 0.05) is 18.2 Å². The molecule has 6 heteroatoms. The van der Waals surface area contributed by atoms with E-state index in [4.69, 9.17) is 0 Å². The van der Waals surface area contributed by atoms with Crippen LogP contribution in [0.25, 0.3) is 0 Å². The summed E-state index contributed by atoms with van der Waals surface area (Å²) in [6, 6.07) is 3.59. The Bertz CT molecular complexity index is 390. The van der Waals surface area contributed by atoms with Crippen LogP contribution in [-0.4, -0.2) is 18.8 Å². The molecule has 1 aromatic rings. The average molecular weight is 265 g/mol. The summed E-state index contributed by atoms with van der Waals surface area (Å²) in [5.74, 6) is -0.461. The highest BCUT2D eigenvalue weighted by atomic mass is 19.4. The highest BCUT2D eigenvalue weighted by molar-refractivity contribution is 5.34. The van der Waals surface area contributed by atoms with Crippen LogP contribution in [0.1, 0.15) is 19.4 Å². The predicted molar refractivity (Wildman–Crippen MR) is 59.9 cm³/mol. The quantitative estimate of drug-likeness (QED) is 0.825. The highest BCUT2D eigenvalue weighted by Crippen LogP contribution is 2.23. The molecule has 1 rings (SSSR count). The summed E-state index contributed by atoms with van der Waals surface area (Å²) in [6.07, 6.45) is -4.41. The van der Waals surface area contributed by atoms with Crippen molar-refractivity contribution in [3.63, 3.8) is 0 Å². The SMILES string of the molecule is CC(C)NCc1cc(F)ccc1OCC(F)(F)F. The summed E-state index contributed by atoms with van der Waals surface area (Å²) in [4.78, 5) is 0. The molecule has 0 aliphatic carbocycles. The van der Waals surface area contributed by atoms with Gasteiger partial charge in [-0.3, -0.25) is 0 Å².